The van der Waals surface area contributed by atoms with E-state index in [4.69, 9.17) is 39.9 Å². The lowest BCUT2D eigenvalue weighted by molar-refractivity contribution is -0.120. The number of pyridine rings is 2. The highest BCUT2D eigenvalue weighted by atomic mass is 35.5. The molecule has 0 saturated heterocycles. The molecule has 3 N–H and O–H groups in total. The molecule has 0 bridgehead atoms. The minimum absolute atomic E-state index is 0.0401. The molecule has 0 fully saturated rings. The van der Waals surface area contributed by atoms with Crippen LogP contribution in [-0.4, -0.2) is 27.0 Å². The molecule has 0 saturated carbocycles. The fourth-order valence-corrected chi connectivity index (χ4v) is 3.27. The van der Waals surface area contributed by atoms with E-state index in [0.29, 0.717) is 27.2 Å². The number of aromatic amines is 1. The Labute approximate surface area is 173 Å². The summed E-state index contributed by atoms with van der Waals surface area (Å²) < 4.78 is 0. The minimum atomic E-state index is -1.36. The maximum absolute atomic E-state index is 12.2. The number of aromatic carboxylic acids is 1. The first-order valence-electron chi connectivity index (χ1n) is 7.91. The van der Waals surface area contributed by atoms with Gasteiger partial charge in [0.15, 0.2) is 0 Å². The Balaban J connectivity index is 1.92. The van der Waals surface area contributed by atoms with Crippen LogP contribution in [0.25, 0.3) is 10.9 Å². The largest absolute Gasteiger partial charge is 0.477 e. The second-order valence-corrected chi connectivity index (χ2v) is 7.01. The number of H-pyrrole nitrogens is 1. The van der Waals surface area contributed by atoms with Crippen molar-refractivity contribution in [3.05, 3.63) is 72.7 Å². The molecule has 10 heteroatoms. The first-order chi connectivity index (χ1) is 13.3. The number of aromatic nitrogens is 2. The van der Waals surface area contributed by atoms with Crippen LogP contribution in [0.15, 0.2) is 35.3 Å². The van der Waals surface area contributed by atoms with Gasteiger partial charge in [0.2, 0.25) is 5.91 Å². The molecule has 3 rings (SSSR count). The second-order valence-electron chi connectivity index (χ2n) is 5.82. The third-order valence-corrected chi connectivity index (χ3v) is 5.16. The molecule has 0 radical (unpaired) electrons. The van der Waals surface area contributed by atoms with Gasteiger partial charge in [-0.25, -0.2) is 4.79 Å². The fraction of sp³-hybridized carbons (Fsp3) is 0.111. The maximum Gasteiger partial charge on any atom is 0.341 e. The average Bonchev–Trinajstić information content (AvgIpc) is 2.64. The highest BCUT2D eigenvalue weighted by Gasteiger charge is 2.17. The molecule has 0 aliphatic carbocycles. The van der Waals surface area contributed by atoms with Crippen LogP contribution >= 0.6 is 34.8 Å². The SMILES string of the molecule is O=C(Cc1ncccc1Cl)NCc1c(Cl)c(Cl)cc2cc(C(=O)O)c(=O)[nH]c12. The summed E-state index contributed by atoms with van der Waals surface area (Å²) in [4.78, 5) is 42.0. The summed E-state index contributed by atoms with van der Waals surface area (Å²) in [5, 5.41) is 12.8. The number of nitrogens with zero attached hydrogens (tertiary/aromatic N) is 1. The third kappa shape index (κ3) is 4.11. The zero-order valence-electron chi connectivity index (χ0n) is 14.1. The lowest BCUT2D eigenvalue weighted by Crippen LogP contribution is -2.26. The van der Waals surface area contributed by atoms with E-state index in [1.54, 1.807) is 12.1 Å². The number of fused-ring (bicyclic) bond motifs is 1. The van der Waals surface area contributed by atoms with Crippen molar-refractivity contribution in [2.45, 2.75) is 13.0 Å². The Hall–Kier alpha value is -2.61. The van der Waals surface area contributed by atoms with Crippen molar-refractivity contribution in [1.82, 2.24) is 15.3 Å². The first-order valence-corrected chi connectivity index (χ1v) is 9.04. The lowest BCUT2D eigenvalue weighted by atomic mass is 10.1. The molecule has 7 nitrogen and oxygen atoms in total. The number of nitrogens with one attached hydrogen (secondary N) is 2. The number of carboxylic acids is 1. The number of hydrogen-bond donors (Lipinski definition) is 3. The molecule has 1 amide bonds. The predicted molar refractivity (Wildman–Crippen MR) is 106 cm³/mol. The third-order valence-electron chi connectivity index (χ3n) is 3.99. The first kappa shape index (κ1) is 20.1. The van der Waals surface area contributed by atoms with Crippen molar-refractivity contribution in [3.63, 3.8) is 0 Å². The molecule has 28 heavy (non-hydrogen) atoms. The number of halogens is 3. The van der Waals surface area contributed by atoms with Crippen LogP contribution in [0.4, 0.5) is 0 Å². The van der Waals surface area contributed by atoms with Crippen LogP contribution in [0.5, 0.6) is 0 Å². The minimum Gasteiger partial charge on any atom is -0.477 e. The van der Waals surface area contributed by atoms with E-state index in [1.807, 2.05) is 0 Å². The van der Waals surface area contributed by atoms with Gasteiger partial charge in [-0.05, 0) is 24.3 Å². The lowest BCUT2D eigenvalue weighted by Gasteiger charge is -2.12. The van der Waals surface area contributed by atoms with Gasteiger partial charge in [0.25, 0.3) is 5.56 Å². The molecule has 0 spiro atoms. The number of hydrogen-bond acceptors (Lipinski definition) is 4. The summed E-state index contributed by atoms with van der Waals surface area (Å²) in [6.45, 7) is -0.0401. The highest BCUT2D eigenvalue weighted by molar-refractivity contribution is 6.43. The van der Waals surface area contributed by atoms with Gasteiger partial charge in [0.05, 0.1) is 32.7 Å². The molecule has 144 valence electrons. The van der Waals surface area contributed by atoms with Crippen LogP contribution in [-0.2, 0) is 17.8 Å². The van der Waals surface area contributed by atoms with Gasteiger partial charge in [-0.1, -0.05) is 34.8 Å². The monoisotopic (exact) mass is 439 g/mol. The fourth-order valence-electron chi connectivity index (χ4n) is 2.64. The highest BCUT2D eigenvalue weighted by Crippen LogP contribution is 2.32. The van der Waals surface area contributed by atoms with Gasteiger partial charge in [-0.15, -0.1) is 0 Å². The van der Waals surface area contributed by atoms with Crippen LogP contribution < -0.4 is 10.9 Å². The number of carboxylic acid groups (broad SMARTS) is 1. The van der Waals surface area contributed by atoms with Crippen molar-refractivity contribution in [2.75, 3.05) is 0 Å². The standard InChI is InChI=1S/C18H12Cl3N3O4/c19-11-2-1-3-22-13(11)6-14(25)23-7-10-15(21)12(20)5-8-4-9(18(27)28)17(26)24-16(8)10/h1-5H,6-7H2,(H,23,25)(H,24,26)(H,27,28). The topological polar surface area (TPSA) is 112 Å². The molecule has 1 aromatic carbocycles. The molecule has 3 aromatic rings. The average molecular weight is 441 g/mol. The number of amides is 1. The van der Waals surface area contributed by atoms with E-state index in [9.17, 15) is 14.4 Å². The summed E-state index contributed by atoms with van der Waals surface area (Å²) in [6.07, 6.45) is 1.48. The predicted octanol–water partition coefficient (Wildman–Crippen LogP) is 3.44. The van der Waals surface area contributed by atoms with Crippen molar-refractivity contribution in [1.29, 1.82) is 0 Å². The van der Waals surface area contributed by atoms with Crippen LogP contribution in [0.2, 0.25) is 15.1 Å². The molecule has 0 aliphatic rings. The van der Waals surface area contributed by atoms with E-state index in [0.717, 1.165) is 0 Å². The normalized spacial score (nSPS) is 10.8. The van der Waals surface area contributed by atoms with Crippen molar-refractivity contribution in [3.8, 4) is 0 Å². The summed E-state index contributed by atoms with van der Waals surface area (Å²) in [5.41, 5.74) is -0.139. The molecule has 0 aliphatic heterocycles. The van der Waals surface area contributed by atoms with Crippen molar-refractivity contribution < 1.29 is 14.7 Å². The van der Waals surface area contributed by atoms with E-state index < -0.39 is 17.1 Å². The second kappa shape index (κ2) is 8.18. The Morgan fingerprint density at radius 2 is 1.93 bits per heavy atom. The van der Waals surface area contributed by atoms with Gasteiger partial charge in [-0.3, -0.25) is 14.6 Å². The van der Waals surface area contributed by atoms with Gasteiger partial charge >= 0.3 is 5.97 Å². The van der Waals surface area contributed by atoms with Crippen LogP contribution in [0, 0.1) is 0 Å². The van der Waals surface area contributed by atoms with Crippen LogP contribution in [0.3, 0.4) is 0 Å². The van der Waals surface area contributed by atoms with Crippen molar-refractivity contribution in [2.24, 2.45) is 0 Å². The summed E-state index contributed by atoms with van der Waals surface area (Å²) in [5.74, 6) is -1.73. The maximum atomic E-state index is 12.2. The molecule has 0 atom stereocenters. The van der Waals surface area contributed by atoms with Gasteiger partial charge in [0, 0.05) is 23.7 Å². The molecule has 0 unspecified atom stereocenters. The number of carbonyl (C=O) groups is 2. The zero-order chi connectivity index (χ0) is 20.4. The molecule has 2 heterocycles. The smallest absolute Gasteiger partial charge is 0.341 e. The van der Waals surface area contributed by atoms with Gasteiger partial charge in [-0.2, -0.15) is 0 Å². The molecular weight excluding hydrogens is 429 g/mol. The Morgan fingerprint density at radius 1 is 1.18 bits per heavy atom. The number of benzene rings is 1. The Morgan fingerprint density at radius 3 is 2.61 bits per heavy atom. The van der Waals surface area contributed by atoms with E-state index in [2.05, 4.69) is 15.3 Å². The zero-order valence-corrected chi connectivity index (χ0v) is 16.3. The Kier molecular flexibility index (Phi) is 5.88. The number of rotatable bonds is 5. The van der Waals surface area contributed by atoms with Crippen molar-refractivity contribution >= 4 is 57.6 Å². The van der Waals surface area contributed by atoms with E-state index in [-0.39, 0.29) is 28.9 Å². The number of carbonyl (C=O) groups excluding carboxylic acids is 1. The van der Waals surface area contributed by atoms with Crippen LogP contribution in [0.1, 0.15) is 21.6 Å². The Bertz CT molecular complexity index is 1160. The van der Waals surface area contributed by atoms with Gasteiger partial charge in [0.1, 0.15) is 5.56 Å². The summed E-state index contributed by atoms with van der Waals surface area (Å²) in [6, 6.07) is 5.94. The van der Waals surface area contributed by atoms with E-state index >= 15 is 0 Å². The summed E-state index contributed by atoms with van der Waals surface area (Å²) >= 11 is 18.4. The molecule has 2 aromatic heterocycles. The quantitative estimate of drug-likeness (QED) is 0.562. The van der Waals surface area contributed by atoms with Gasteiger partial charge < -0.3 is 15.4 Å². The molecular formula is C18H12Cl3N3O4. The summed E-state index contributed by atoms with van der Waals surface area (Å²) in [7, 11) is 0. The van der Waals surface area contributed by atoms with E-state index in [1.165, 1.54) is 18.3 Å².